The molecule has 3 rings (SSSR count). The zero-order valence-corrected chi connectivity index (χ0v) is 15.1. The molecule has 2 aliphatic rings. The number of rotatable bonds is 3. The van der Waals surface area contributed by atoms with E-state index >= 15 is 0 Å². The Morgan fingerprint density at radius 3 is 2.05 bits per heavy atom. The normalized spacial score (nSPS) is 30.8. The maximum Gasteiger partial charge on any atom is 0.265 e. The van der Waals surface area contributed by atoms with E-state index in [4.69, 9.17) is 0 Å². The molecule has 5 heteroatoms. The van der Waals surface area contributed by atoms with Crippen LogP contribution in [0.4, 0.5) is 0 Å². The van der Waals surface area contributed by atoms with E-state index < -0.39 is 0 Å². The number of nitrogens with zero attached hydrogens (tertiary/aromatic N) is 3. The maximum absolute atomic E-state index is 12.7. The first kappa shape index (κ1) is 15.9. The summed E-state index contributed by atoms with van der Waals surface area (Å²) in [5, 5.41) is 0.978. The van der Waals surface area contributed by atoms with Crippen LogP contribution in [0.2, 0.25) is 0 Å². The highest BCUT2D eigenvalue weighted by Crippen LogP contribution is 2.46. The highest BCUT2D eigenvalue weighted by Gasteiger charge is 2.44. The van der Waals surface area contributed by atoms with Gasteiger partial charge in [-0.2, -0.15) is 0 Å². The van der Waals surface area contributed by atoms with Crippen LogP contribution in [0, 0.1) is 25.7 Å². The predicted molar refractivity (Wildman–Crippen MR) is 90.4 cm³/mol. The number of aryl methyl sites for hydroxylation is 2. The fraction of sp³-hybridized carbons (Fsp3) is 0.765. The molecule has 122 valence electrons. The highest BCUT2D eigenvalue weighted by molar-refractivity contribution is 7.13. The van der Waals surface area contributed by atoms with Crippen LogP contribution in [-0.4, -0.2) is 53.9 Å². The van der Waals surface area contributed by atoms with Crippen LogP contribution in [0.3, 0.4) is 0 Å². The van der Waals surface area contributed by atoms with Gasteiger partial charge in [0, 0.05) is 19.1 Å². The Bertz CT molecular complexity index is 554. The molecule has 0 radical (unpaired) electrons. The second kappa shape index (κ2) is 5.93. The molecule has 2 aliphatic carbocycles. The van der Waals surface area contributed by atoms with Crippen molar-refractivity contribution in [2.24, 2.45) is 11.8 Å². The molecule has 4 atom stereocenters. The standard InChI is InChI=1S/C17H27N3OS/c1-10-16(22-11(2)18-10)17(21)20(5)15-8-12-6-14(19(3)4)7-13(12)9-15/h12-15H,6-9H2,1-5H3/t12-,13+,14?,15?. The second-order valence-corrected chi connectivity index (χ2v) is 8.50. The maximum atomic E-state index is 12.7. The Kier molecular flexibility index (Phi) is 4.29. The van der Waals surface area contributed by atoms with E-state index in [1.165, 1.54) is 37.0 Å². The lowest BCUT2D eigenvalue weighted by Crippen LogP contribution is -2.36. The van der Waals surface area contributed by atoms with Crippen LogP contribution in [0.5, 0.6) is 0 Å². The van der Waals surface area contributed by atoms with Gasteiger partial charge in [0.2, 0.25) is 0 Å². The Morgan fingerprint density at radius 1 is 1.05 bits per heavy atom. The van der Waals surface area contributed by atoms with Crippen LogP contribution in [0.1, 0.15) is 46.1 Å². The van der Waals surface area contributed by atoms with Gasteiger partial charge in [0.1, 0.15) is 4.88 Å². The van der Waals surface area contributed by atoms with Crippen molar-refractivity contribution in [1.82, 2.24) is 14.8 Å². The van der Waals surface area contributed by atoms with Gasteiger partial charge in [-0.1, -0.05) is 0 Å². The summed E-state index contributed by atoms with van der Waals surface area (Å²) in [5.74, 6) is 1.77. The Balaban J connectivity index is 1.65. The summed E-state index contributed by atoms with van der Waals surface area (Å²) in [6.07, 6.45) is 4.95. The van der Waals surface area contributed by atoms with Gasteiger partial charge in [0.25, 0.3) is 5.91 Å². The predicted octanol–water partition coefficient (Wildman–Crippen LogP) is 2.95. The molecule has 0 spiro atoms. The molecule has 0 bridgehead atoms. The number of carbonyl (C=O) groups is 1. The molecule has 1 heterocycles. The minimum absolute atomic E-state index is 0.164. The van der Waals surface area contributed by atoms with E-state index in [0.29, 0.717) is 6.04 Å². The Hall–Kier alpha value is -0.940. The molecule has 0 aliphatic heterocycles. The van der Waals surface area contributed by atoms with E-state index in [9.17, 15) is 4.79 Å². The molecule has 22 heavy (non-hydrogen) atoms. The molecular weight excluding hydrogens is 294 g/mol. The number of carbonyl (C=O) groups excluding carboxylic acids is 1. The summed E-state index contributed by atoms with van der Waals surface area (Å²) < 4.78 is 0. The first-order valence-electron chi connectivity index (χ1n) is 8.24. The monoisotopic (exact) mass is 321 g/mol. The van der Waals surface area contributed by atoms with Crippen LogP contribution < -0.4 is 0 Å². The van der Waals surface area contributed by atoms with Crippen molar-refractivity contribution in [3.63, 3.8) is 0 Å². The van der Waals surface area contributed by atoms with E-state index in [2.05, 4.69) is 24.0 Å². The summed E-state index contributed by atoms with van der Waals surface area (Å²) >= 11 is 1.53. The van der Waals surface area contributed by atoms with Crippen molar-refractivity contribution in [3.05, 3.63) is 15.6 Å². The number of hydrogen-bond acceptors (Lipinski definition) is 4. The van der Waals surface area contributed by atoms with Crippen molar-refractivity contribution in [2.75, 3.05) is 21.1 Å². The minimum atomic E-state index is 0.164. The molecule has 0 saturated heterocycles. The SMILES string of the molecule is Cc1nc(C)c(C(=O)N(C)C2C[C@H]3CC(N(C)C)C[C@H]3C2)s1. The fourth-order valence-corrected chi connectivity index (χ4v) is 5.25. The van der Waals surface area contributed by atoms with Gasteiger partial charge in [-0.25, -0.2) is 4.98 Å². The smallest absolute Gasteiger partial charge is 0.265 e. The largest absolute Gasteiger partial charge is 0.338 e. The van der Waals surface area contributed by atoms with Crippen LogP contribution >= 0.6 is 11.3 Å². The van der Waals surface area contributed by atoms with Crippen molar-refractivity contribution < 1.29 is 4.79 Å². The fourth-order valence-electron chi connectivity index (χ4n) is 4.35. The zero-order chi connectivity index (χ0) is 16.0. The summed E-state index contributed by atoms with van der Waals surface area (Å²) in [5.41, 5.74) is 0.880. The van der Waals surface area contributed by atoms with Crippen LogP contribution in [-0.2, 0) is 0 Å². The van der Waals surface area contributed by atoms with Gasteiger partial charge >= 0.3 is 0 Å². The van der Waals surface area contributed by atoms with Crippen molar-refractivity contribution >= 4 is 17.2 Å². The lowest BCUT2D eigenvalue weighted by molar-refractivity contribution is 0.0730. The van der Waals surface area contributed by atoms with Gasteiger partial charge in [-0.3, -0.25) is 4.79 Å². The highest BCUT2D eigenvalue weighted by atomic mass is 32.1. The van der Waals surface area contributed by atoms with E-state index in [1.807, 2.05) is 25.8 Å². The zero-order valence-electron chi connectivity index (χ0n) is 14.3. The van der Waals surface area contributed by atoms with E-state index in [-0.39, 0.29) is 5.91 Å². The molecule has 2 fully saturated rings. The average Bonchev–Trinajstić information content (AvgIpc) is 3.09. The molecule has 2 unspecified atom stereocenters. The molecule has 4 nitrogen and oxygen atoms in total. The first-order chi connectivity index (χ1) is 10.4. The molecule has 1 amide bonds. The second-order valence-electron chi connectivity index (χ2n) is 7.30. The molecule has 0 N–H and O–H groups in total. The van der Waals surface area contributed by atoms with Crippen molar-refractivity contribution in [2.45, 2.75) is 51.6 Å². The average molecular weight is 321 g/mol. The van der Waals surface area contributed by atoms with E-state index in [0.717, 1.165) is 33.5 Å². The summed E-state index contributed by atoms with van der Waals surface area (Å²) in [4.78, 5) is 22.3. The Morgan fingerprint density at radius 2 is 1.59 bits per heavy atom. The third-order valence-electron chi connectivity index (χ3n) is 5.66. The number of hydrogen-bond donors (Lipinski definition) is 0. The van der Waals surface area contributed by atoms with Gasteiger partial charge < -0.3 is 9.80 Å². The molecule has 1 aromatic heterocycles. The lowest BCUT2D eigenvalue weighted by Gasteiger charge is -2.26. The molecular formula is C17H27N3OS. The van der Waals surface area contributed by atoms with Gasteiger partial charge in [0.15, 0.2) is 0 Å². The number of amides is 1. The molecule has 0 aromatic carbocycles. The topological polar surface area (TPSA) is 36.4 Å². The van der Waals surface area contributed by atoms with Gasteiger partial charge in [-0.15, -0.1) is 11.3 Å². The minimum Gasteiger partial charge on any atom is -0.338 e. The van der Waals surface area contributed by atoms with Crippen LogP contribution in [0.25, 0.3) is 0 Å². The van der Waals surface area contributed by atoms with Crippen molar-refractivity contribution in [3.8, 4) is 0 Å². The Labute approximate surface area is 137 Å². The molecule has 1 aromatic rings. The lowest BCUT2D eigenvalue weighted by atomic mass is 10.0. The third-order valence-corrected chi connectivity index (χ3v) is 6.72. The van der Waals surface area contributed by atoms with E-state index in [1.54, 1.807) is 0 Å². The summed E-state index contributed by atoms with van der Waals surface area (Å²) in [6, 6.07) is 1.15. The first-order valence-corrected chi connectivity index (χ1v) is 9.06. The number of thiazole rings is 1. The molecule has 2 saturated carbocycles. The number of fused-ring (bicyclic) bond motifs is 1. The third kappa shape index (κ3) is 2.81. The van der Waals surface area contributed by atoms with Gasteiger partial charge in [-0.05, 0) is 65.5 Å². The van der Waals surface area contributed by atoms with Crippen molar-refractivity contribution in [1.29, 1.82) is 0 Å². The summed E-state index contributed by atoms with van der Waals surface area (Å²) in [7, 11) is 6.35. The van der Waals surface area contributed by atoms with Gasteiger partial charge in [0.05, 0.1) is 10.7 Å². The van der Waals surface area contributed by atoms with Crippen LogP contribution in [0.15, 0.2) is 0 Å². The quantitative estimate of drug-likeness (QED) is 0.859. The summed E-state index contributed by atoms with van der Waals surface area (Å²) in [6.45, 7) is 3.91. The number of aromatic nitrogens is 1.